The fourth-order valence-corrected chi connectivity index (χ4v) is 3.33. The second-order valence-corrected chi connectivity index (χ2v) is 6.39. The van der Waals surface area contributed by atoms with Gasteiger partial charge in [0.1, 0.15) is 5.82 Å². The predicted molar refractivity (Wildman–Crippen MR) is 102 cm³/mol. The van der Waals surface area contributed by atoms with Gasteiger partial charge in [0.2, 0.25) is 5.91 Å². The van der Waals surface area contributed by atoms with Crippen LogP contribution in [0.25, 0.3) is 6.08 Å². The molecule has 6 heteroatoms. The van der Waals surface area contributed by atoms with E-state index in [9.17, 15) is 4.79 Å². The highest BCUT2D eigenvalue weighted by atomic mass is 16.5. The van der Waals surface area contributed by atoms with Crippen LogP contribution >= 0.6 is 0 Å². The van der Waals surface area contributed by atoms with Gasteiger partial charge < -0.3 is 14.8 Å². The number of benzene rings is 1. The molecule has 1 aromatic carbocycles. The van der Waals surface area contributed by atoms with Crippen LogP contribution < -0.4 is 14.8 Å². The first-order chi connectivity index (χ1) is 12.7. The molecule has 1 fully saturated rings. The monoisotopic (exact) mass is 355 g/mol. The van der Waals surface area contributed by atoms with E-state index in [2.05, 4.69) is 10.4 Å². The Hall–Kier alpha value is -2.76. The molecule has 0 saturated heterocycles. The molecule has 26 heavy (non-hydrogen) atoms. The molecule has 3 rings (SSSR count). The molecule has 0 unspecified atom stereocenters. The van der Waals surface area contributed by atoms with Gasteiger partial charge in [-0.2, -0.15) is 5.10 Å². The van der Waals surface area contributed by atoms with Gasteiger partial charge in [-0.15, -0.1) is 0 Å². The van der Waals surface area contributed by atoms with Crippen LogP contribution in [0.1, 0.15) is 43.7 Å². The zero-order valence-electron chi connectivity index (χ0n) is 15.3. The smallest absolute Gasteiger partial charge is 0.249 e. The van der Waals surface area contributed by atoms with Crippen LogP contribution in [0.3, 0.4) is 0 Å². The molecular formula is C20H25N3O3. The molecule has 1 aromatic heterocycles. The summed E-state index contributed by atoms with van der Waals surface area (Å²) in [6.07, 6.45) is 11.0. The fourth-order valence-electron chi connectivity index (χ4n) is 3.33. The lowest BCUT2D eigenvalue weighted by atomic mass is 9.96. The van der Waals surface area contributed by atoms with Crippen molar-refractivity contribution >= 4 is 17.8 Å². The number of hydrogen-bond acceptors (Lipinski definition) is 4. The number of carbonyl (C=O) groups excluding carboxylic acids is 1. The van der Waals surface area contributed by atoms with Crippen LogP contribution in [0.15, 0.2) is 36.5 Å². The van der Waals surface area contributed by atoms with Crippen molar-refractivity contribution in [3.63, 3.8) is 0 Å². The molecular weight excluding hydrogens is 330 g/mol. The summed E-state index contributed by atoms with van der Waals surface area (Å²) in [4.78, 5) is 12.3. The molecule has 2 aromatic rings. The molecule has 1 amide bonds. The van der Waals surface area contributed by atoms with E-state index in [0.29, 0.717) is 17.5 Å². The van der Waals surface area contributed by atoms with Gasteiger partial charge in [-0.05, 0) is 36.6 Å². The summed E-state index contributed by atoms with van der Waals surface area (Å²) in [6, 6.07) is 7.74. The van der Waals surface area contributed by atoms with Gasteiger partial charge in [-0.3, -0.25) is 4.79 Å². The third kappa shape index (κ3) is 4.25. The van der Waals surface area contributed by atoms with Gasteiger partial charge in [-0.1, -0.05) is 25.3 Å². The molecule has 0 bridgehead atoms. The lowest BCUT2D eigenvalue weighted by molar-refractivity contribution is -0.111. The predicted octanol–water partition coefficient (Wildman–Crippen LogP) is 4.06. The number of carbonyl (C=O) groups is 1. The van der Waals surface area contributed by atoms with E-state index >= 15 is 0 Å². The van der Waals surface area contributed by atoms with E-state index in [1.54, 1.807) is 26.5 Å². The van der Waals surface area contributed by atoms with Gasteiger partial charge in [0.05, 0.1) is 26.5 Å². The van der Waals surface area contributed by atoms with E-state index in [-0.39, 0.29) is 5.91 Å². The number of nitrogens with one attached hydrogen (secondary N) is 1. The molecule has 0 aliphatic heterocycles. The van der Waals surface area contributed by atoms with E-state index in [1.807, 2.05) is 28.9 Å². The number of anilines is 1. The van der Waals surface area contributed by atoms with Crippen molar-refractivity contribution in [2.45, 2.75) is 38.1 Å². The molecule has 6 nitrogen and oxygen atoms in total. The second-order valence-electron chi connectivity index (χ2n) is 6.39. The quantitative estimate of drug-likeness (QED) is 0.794. The Balaban J connectivity index is 1.66. The maximum Gasteiger partial charge on any atom is 0.249 e. The number of nitrogens with zero attached hydrogens (tertiary/aromatic N) is 2. The summed E-state index contributed by atoms with van der Waals surface area (Å²) < 4.78 is 12.4. The topological polar surface area (TPSA) is 65.4 Å². The molecule has 1 aliphatic rings. The SMILES string of the molecule is COc1ccc(/C=C/C(=O)Nc2ccnn2C2CCCCC2)cc1OC. The van der Waals surface area contributed by atoms with Crippen molar-refractivity contribution in [3.8, 4) is 11.5 Å². The summed E-state index contributed by atoms with van der Waals surface area (Å²) in [5, 5.41) is 7.33. The van der Waals surface area contributed by atoms with Gasteiger partial charge in [0, 0.05) is 12.1 Å². The van der Waals surface area contributed by atoms with Crippen LogP contribution in [-0.4, -0.2) is 29.9 Å². The Kier molecular flexibility index (Phi) is 5.94. The minimum atomic E-state index is -0.183. The van der Waals surface area contributed by atoms with Crippen LogP contribution in [-0.2, 0) is 4.79 Å². The van der Waals surface area contributed by atoms with E-state index in [1.165, 1.54) is 25.3 Å². The zero-order chi connectivity index (χ0) is 18.4. The summed E-state index contributed by atoms with van der Waals surface area (Å²) in [7, 11) is 3.18. The molecule has 0 radical (unpaired) electrons. The fraction of sp³-hybridized carbons (Fsp3) is 0.400. The summed E-state index contributed by atoms with van der Waals surface area (Å²) in [6.45, 7) is 0. The average Bonchev–Trinajstić information content (AvgIpc) is 3.14. The van der Waals surface area contributed by atoms with Crippen molar-refractivity contribution < 1.29 is 14.3 Å². The number of rotatable bonds is 6. The Morgan fingerprint density at radius 1 is 1.15 bits per heavy atom. The average molecular weight is 355 g/mol. The Labute approximate surface area is 153 Å². The molecule has 138 valence electrons. The standard InChI is InChI=1S/C20H25N3O3/c1-25-17-10-8-15(14-18(17)26-2)9-11-20(24)22-19-12-13-21-23(19)16-6-4-3-5-7-16/h8-14,16H,3-7H2,1-2H3,(H,22,24)/b11-9+. The lowest BCUT2D eigenvalue weighted by Gasteiger charge is -2.23. The Morgan fingerprint density at radius 2 is 1.92 bits per heavy atom. The number of aromatic nitrogens is 2. The van der Waals surface area contributed by atoms with Gasteiger partial charge >= 0.3 is 0 Å². The lowest BCUT2D eigenvalue weighted by Crippen LogP contribution is -2.19. The molecule has 1 N–H and O–H groups in total. The van der Waals surface area contributed by atoms with Crippen LogP contribution in [0, 0.1) is 0 Å². The highest BCUT2D eigenvalue weighted by Crippen LogP contribution is 2.30. The maximum absolute atomic E-state index is 12.3. The van der Waals surface area contributed by atoms with E-state index in [4.69, 9.17) is 9.47 Å². The van der Waals surface area contributed by atoms with Crippen molar-refractivity contribution in [3.05, 3.63) is 42.1 Å². The molecule has 1 heterocycles. The second kappa shape index (κ2) is 8.56. The Bertz CT molecular complexity index is 776. The zero-order valence-corrected chi connectivity index (χ0v) is 15.3. The number of ether oxygens (including phenoxy) is 2. The Morgan fingerprint density at radius 3 is 2.65 bits per heavy atom. The highest BCUT2D eigenvalue weighted by Gasteiger charge is 2.18. The molecule has 1 saturated carbocycles. The first-order valence-electron chi connectivity index (χ1n) is 8.96. The molecule has 0 spiro atoms. The van der Waals surface area contributed by atoms with Crippen molar-refractivity contribution in [2.24, 2.45) is 0 Å². The van der Waals surface area contributed by atoms with Crippen molar-refractivity contribution in [2.75, 3.05) is 19.5 Å². The number of methoxy groups -OCH3 is 2. The van der Waals surface area contributed by atoms with Gasteiger partial charge in [-0.25, -0.2) is 4.68 Å². The molecule has 0 atom stereocenters. The summed E-state index contributed by atoms with van der Waals surface area (Å²) in [5.74, 6) is 1.85. The number of amides is 1. The van der Waals surface area contributed by atoms with Crippen molar-refractivity contribution in [1.82, 2.24) is 9.78 Å². The van der Waals surface area contributed by atoms with Crippen LogP contribution in [0.4, 0.5) is 5.82 Å². The third-order valence-corrected chi connectivity index (χ3v) is 4.68. The largest absolute Gasteiger partial charge is 0.493 e. The minimum absolute atomic E-state index is 0.183. The van der Waals surface area contributed by atoms with E-state index < -0.39 is 0 Å². The first-order valence-corrected chi connectivity index (χ1v) is 8.96. The van der Waals surface area contributed by atoms with Gasteiger partial charge in [0.15, 0.2) is 11.5 Å². The minimum Gasteiger partial charge on any atom is -0.493 e. The number of hydrogen-bond donors (Lipinski definition) is 1. The highest BCUT2D eigenvalue weighted by molar-refractivity contribution is 6.01. The summed E-state index contributed by atoms with van der Waals surface area (Å²) >= 11 is 0. The third-order valence-electron chi connectivity index (χ3n) is 4.68. The van der Waals surface area contributed by atoms with Crippen molar-refractivity contribution in [1.29, 1.82) is 0 Å². The van der Waals surface area contributed by atoms with Crippen LogP contribution in [0.2, 0.25) is 0 Å². The van der Waals surface area contributed by atoms with Gasteiger partial charge in [0.25, 0.3) is 0 Å². The normalized spacial score (nSPS) is 15.2. The van der Waals surface area contributed by atoms with Crippen LogP contribution in [0.5, 0.6) is 11.5 Å². The molecule has 1 aliphatic carbocycles. The first kappa shape index (κ1) is 18.0. The van der Waals surface area contributed by atoms with E-state index in [0.717, 1.165) is 24.2 Å². The maximum atomic E-state index is 12.3. The summed E-state index contributed by atoms with van der Waals surface area (Å²) in [5.41, 5.74) is 0.860.